The second-order valence-corrected chi connectivity index (χ2v) is 4.26. The number of cyclic esters (lactones) is 1. The molecule has 0 N–H and O–H groups in total. The van der Waals surface area contributed by atoms with Gasteiger partial charge in [0.15, 0.2) is 0 Å². The van der Waals surface area contributed by atoms with Gasteiger partial charge < -0.3 is 4.74 Å². The number of hydrogen-bond donors (Lipinski definition) is 0. The summed E-state index contributed by atoms with van der Waals surface area (Å²) in [6, 6.07) is 19.6. The molecule has 0 spiro atoms. The maximum atomic E-state index is 11.5. The number of carbonyl (C=O) groups is 1. The van der Waals surface area contributed by atoms with Crippen LogP contribution in [-0.4, -0.2) is 5.97 Å². The van der Waals surface area contributed by atoms with Crippen LogP contribution in [0.3, 0.4) is 0 Å². The Labute approximate surface area is 111 Å². The van der Waals surface area contributed by atoms with E-state index in [1.165, 1.54) is 6.08 Å². The topological polar surface area (TPSA) is 26.3 Å². The second kappa shape index (κ2) is 4.94. The number of ether oxygens (including phenoxy) is 1. The summed E-state index contributed by atoms with van der Waals surface area (Å²) in [5.41, 5.74) is 2.82. The quantitative estimate of drug-likeness (QED) is 0.758. The number of allylic oxidation sites excluding steroid dienone is 1. The van der Waals surface area contributed by atoms with Crippen molar-refractivity contribution in [3.05, 3.63) is 83.6 Å². The summed E-state index contributed by atoms with van der Waals surface area (Å²) in [4.78, 5) is 11.5. The Bertz CT molecular complexity index is 652. The fourth-order valence-electron chi connectivity index (χ4n) is 2.03. The molecule has 0 aliphatic carbocycles. The molecule has 1 aliphatic heterocycles. The predicted octanol–water partition coefficient (Wildman–Crippen LogP) is 3.67. The number of benzene rings is 2. The molecular formula is C17H12O2. The van der Waals surface area contributed by atoms with Gasteiger partial charge in [-0.15, -0.1) is 0 Å². The number of carbonyl (C=O) groups excluding carboxylic acids is 1. The molecule has 1 aliphatic rings. The summed E-state index contributed by atoms with van der Waals surface area (Å²) in [5.74, 6) is 0.281. The second-order valence-electron chi connectivity index (χ2n) is 4.26. The van der Waals surface area contributed by atoms with Gasteiger partial charge in [-0.3, -0.25) is 0 Å². The van der Waals surface area contributed by atoms with E-state index < -0.39 is 0 Å². The average Bonchev–Trinajstić information content (AvgIpc) is 2.82. The van der Waals surface area contributed by atoms with Crippen LogP contribution in [-0.2, 0) is 9.53 Å². The number of rotatable bonds is 2. The first-order chi connectivity index (χ1) is 9.33. The van der Waals surface area contributed by atoms with Crippen molar-refractivity contribution >= 4 is 17.6 Å². The maximum absolute atomic E-state index is 11.5. The van der Waals surface area contributed by atoms with E-state index in [0.29, 0.717) is 5.76 Å². The largest absolute Gasteiger partial charge is 0.423 e. The van der Waals surface area contributed by atoms with Gasteiger partial charge in [-0.1, -0.05) is 60.7 Å². The van der Waals surface area contributed by atoms with Gasteiger partial charge in [0.25, 0.3) is 0 Å². The molecule has 2 nitrogen and oxygen atoms in total. The fourth-order valence-corrected chi connectivity index (χ4v) is 2.03. The van der Waals surface area contributed by atoms with Crippen LogP contribution in [0.2, 0.25) is 0 Å². The van der Waals surface area contributed by atoms with Crippen LogP contribution >= 0.6 is 0 Å². The average molecular weight is 248 g/mol. The first-order valence-corrected chi connectivity index (χ1v) is 6.09. The third kappa shape index (κ3) is 2.47. The van der Waals surface area contributed by atoms with Crippen LogP contribution < -0.4 is 0 Å². The van der Waals surface area contributed by atoms with Crippen molar-refractivity contribution in [2.45, 2.75) is 0 Å². The standard InChI is InChI=1S/C17H12O2/c18-17-12-15(14-9-5-2-6-10-14)16(19-17)11-13-7-3-1-4-8-13/h1-12H. The smallest absolute Gasteiger partial charge is 0.336 e. The highest BCUT2D eigenvalue weighted by Crippen LogP contribution is 2.30. The minimum absolute atomic E-state index is 0.318. The van der Waals surface area contributed by atoms with Crippen LogP contribution in [0.25, 0.3) is 11.6 Å². The Morgan fingerprint density at radius 2 is 1.47 bits per heavy atom. The van der Waals surface area contributed by atoms with Crippen molar-refractivity contribution in [3.8, 4) is 0 Å². The first-order valence-electron chi connectivity index (χ1n) is 6.09. The molecule has 0 aromatic heterocycles. The highest BCUT2D eigenvalue weighted by atomic mass is 16.5. The van der Waals surface area contributed by atoms with Gasteiger partial charge in [-0.05, 0) is 17.2 Å². The fraction of sp³-hybridized carbons (Fsp3) is 0. The van der Waals surface area contributed by atoms with E-state index in [-0.39, 0.29) is 5.97 Å². The lowest BCUT2D eigenvalue weighted by atomic mass is 10.0. The lowest BCUT2D eigenvalue weighted by molar-refractivity contribution is -0.132. The zero-order valence-corrected chi connectivity index (χ0v) is 10.2. The van der Waals surface area contributed by atoms with Crippen molar-refractivity contribution in [2.24, 2.45) is 0 Å². The van der Waals surface area contributed by atoms with Crippen molar-refractivity contribution in [3.63, 3.8) is 0 Å². The molecule has 0 unspecified atom stereocenters. The zero-order valence-electron chi connectivity index (χ0n) is 10.2. The molecule has 0 saturated carbocycles. The van der Waals surface area contributed by atoms with E-state index in [0.717, 1.165) is 16.7 Å². The van der Waals surface area contributed by atoms with E-state index in [1.807, 2.05) is 66.7 Å². The predicted molar refractivity (Wildman–Crippen MR) is 74.9 cm³/mol. The maximum Gasteiger partial charge on any atom is 0.336 e. The van der Waals surface area contributed by atoms with E-state index in [2.05, 4.69) is 0 Å². The van der Waals surface area contributed by atoms with Crippen LogP contribution in [0.15, 0.2) is 72.5 Å². The Morgan fingerprint density at radius 1 is 0.842 bits per heavy atom. The Kier molecular flexibility index (Phi) is 2.99. The molecule has 3 rings (SSSR count). The third-order valence-corrected chi connectivity index (χ3v) is 2.92. The van der Waals surface area contributed by atoms with Crippen molar-refractivity contribution < 1.29 is 9.53 Å². The van der Waals surface area contributed by atoms with Crippen molar-refractivity contribution in [1.29, 1.82) is 0 Å². The molecule has 0 radical (unpaired) electrons. The zero-order chi connectivity index (χ0) is 13.1. The molecule has 1 heterocycles. The molecule has 0 atom stereocenters. The molecule has 92 valence electrons. The highest BCUT2D eigenvalue weighted by Gasteiger charge is 2.21. The van der Waals surface area contributed by atoms with Gasteiger partial charge in [-0.2, -0.15) is 0 Å². The Morgan fingerprint density at radius 3 is 2.16 bits per heavy atom. The number of hydrogen-bond acceptors (Lipinski definition) is 2. The molecular weight excluding hydrogens is 236 g/mol. The number of esters is 1. The van der Waals surface area contributed by atoms with Gasteiger partial charge in [0.05, 0.1) is 0 Å². The summed E-state index contributed by atoms with van der Waals surface area (Å²) in [6.07, 6.45) is 3.41. The van der Waals surface area contributed by atoms with Gasteiger partial charge in [0, 0.05) is 11.6 Å². The SMILES string of the molecule is O=C1C=C(c2ccccc2)C(=Cc2ccccc2)O1. The van der Waals surface area contributed by atoms with Gasteiger partial charge >= 0.3 is 5.97 Å². The normalized spacial score (nSPS) is 16.3. The van der Waals surface area contributed by atoms with Crippen LogP contribution in [0, 0.1) is 0 Å². The van der Waals surface area contributed by atoms with Crippen LogP contribution in [0.4, 0.5) is 0 Å². The summed E-state index contributed by atoms with van der Waals surface area (Å²) < 4.78 is 5.26. The molecule has 0 amide bonds. The van der Waals surface area contributed by atoms with Crippen LogP contribution in [0.5, 0.6) is 0 Å². The van der Waals surface area contributed by atoms with Gasteiger partial charge in [-0.25, -0.2) is 4.79 Å². The van der Waals surface area contributed by atoms with Crippen molar-refractivity contribution in [1.82, 2.24) is 0 Å². The van der Waals surface area contributed by atoms with Gasteiger partial charge in [0.1, 0.15) is 5.76 Å². The molecule has 19 heavy (non-hydrogen) atoms. The lowest BCUT2D eigenvalue weighted by Crippen LogP contribution is -1.91. The summed E-state index contributed by atoms with van der Waals surface area (Å²) >= 11 is 0. The van der Waals surface area contributed by atoms with Gasteiger partial charge in [0.2, 0.25) is 0 Å². The third-order valence-electron chi connectivity index (χ3n) is 2.92. The Hall–Kier alpha value is -2.61. The highest BCUT2D eigenvalue weighted by molar-refractivity contribution is 6.03. The van der Waals surface area contributed by atoms with E-state index in [9.17, 15) is 4.79 Å². The summed E-state index contributed by atoms with van der Waals surface area (Å²) in [6.45, 7) is 0. The van der Waals surface area contributed by atoms with E-state index in [1.54, 1.807) is 0 Å². The molecule has 2 aromatic carbocycles. The monoisotopic (exact) mass is 248 g/mol. The minimum atomic E-state index is -0.318. The summed E-state index contributed by atoms with van der Waals surface area (Å²) in [7, 11) is 0. The van der Waals surface area contributed by atoms with E-state index >= 15 is 0 Å². The molecule has 0 bridgehead atoms. The minimum Gasteiger partial charge on any atom is -0.423 e. The lowest BCUT2D eigenvalue weighted by Gasteiger charge is -2.04. The molecule has 0 saturated heterocycles. The van der Waals surface area contributed by atoms with Crippen LogP contribution in [0.1, 0.15) is 11.1 Å². The molecule has 2 aromatic rings. The van der Waals surface area contributed by atoms with Crippen molar-refractivity contribution in [2.75, 3.05) is 0 Å². The molecule has 0 fully saturated rings. The summed E-state index contributed by atoms with van der Waals surface area (Å²) in [5, 5.41) is 0. The first kappa shape index (κ1) is 11.5. The Balaban J connectivity index is 2.01. The molecule has 2 heteroatoms. The van der Waals surface area contributed by atoms with E-state index in [4.69, 9.17) is 4.74 Å².